The standard InChI is InChI=1S/C14H19NO4/c1-10-5-6-13(17-2)12(8-10)15-14(16)19-9-11-4-3-7-18-11/h5-6,8,11H,3-4,7,9H2,1-2H3,(H,15,16)/t11-/m1/s1. The summed E-state index contributed by atoms with van der Waals surface area (Å²) >= 11 is 0. The van der Waals surface area contributed by atoms with Crippen LogP contribution in [0.4, 0.5) is 10.5 Å². The Labute approximate surface area is 112 Å². The van der Waals surface area contributed by atoms with Gasteiger partial charge in [-0.05, 0) is 37.5 Å². The molecule has 1 atom stereocenters. The number of anilines is 1. The highest BCUT2D eigenvalue weighted by molar-refractivity contribution is 5.86. The van der Waals surface area contributed by atoms with E-state index in [0.717, 1.165) is 25.0 Å². The van der Waals surface area contributed by atoms with Crippen molar-refractivity contribution < 1.29 is 19.0 Å². The first-order chi connectivity index (χ1) is 9.19. The molecule has 0 unspecified atom stereocenters. The molecular formula is C14H19NO4. The summed E-state index contributed by atoms with van der Waals surface area (Å²) in [6.45, 7) is 2.99. The van der Waals surface area contributed by atoms with Crippen molar-refractivity contribution in [2.75, 3.05) is 25.6 Å². The smallest absolute Gasteiger partial charge is 0.411 e. The second-order valence-corrected chi connectivity index (χ2v) is 4.56. The number of benzene rings is 1. The third kappa shape index (κ3) is 3.86. The highest BCUT2D eigenvalue weighted by Crippen LogP contribution is 2.25. The molecule has 2 rings (SSSR count). The number of aryl methyl sites for hydroxylation is 1. The van der Waals surface area contributed by atoms with E-state index >= 15 is 0 Å². The molecular weight excluding hydrogens is 246 g/mol. The van der Waals surface area contributed by atoms with Crippen LogP contribution in [0.3, 0.4) is 0 Å². The van der Waals surface area contributed by atoms with Crippen molar-refractivity contribution in [2.24, 2.45) is 0 Å². The Bertz CT molecular complexity index is 441. The fourth-order valence-corrected chi connectivity index (χ4v) is 2.01. The van der Waals surface area contributed by atoms with Crippen LogP contribution >= 0.6 is 0 Å². The van der Waals surface area contributed by atoms with Crippen LogP contribution in [-0.4, -0.2) is 32.5 Å². The molecule has 1 N–H and O–H groups in total. The van der Waals surface area contributed by atoms with Crippen LogP contribution in [0.2, 0.25) is 0 Å². The molecule has 1 aliphatic rings. The van der Waals surface area contributed by atoms with E-state index in [9.17, 15) is 4.79 Å². The molecule has 0 spiro atoms. The van der Waals surface area contributed by atoms with E-state index in [1.165, 1.54) is 0 Å². The Hall–Kier alpha value is -1.75. The highest BCUT2D eigenvalue weighted by Gasteiger charge is 2.18. The molecule has 5 nitrogen and oxygen atoms in total. The lowest BCUT2D eigenvalue weighted by Gasteiger charge is -2.13. The average Bonchev–Trinajstić information content (AvgIpc) is 2.90. The highest BCUT2D eigenvalue weighted by atomic mass is 16.6. The quantitative estimate of drug-likeness (QED) is 0.909. The molecule has 104 valence electrons. The Morgan fingerprint density at radius 2 is 2.37 bits per heavy atom. The summed E-state index contributed by atoms with van der Waals surface area (Å²) < 4.78 is 15.7. The number of carbonyl (C=O) groups is 1. The predicted octanol–water partition coefficient (Wildman–Crippen LogP) is 2.73. The molecule has 1 aliphatic heterocycles. The lowest BCUT2D eigenvalue weighted by Crippen LogP contribution is -2.21. The third-order valence-corrected chi connectivity index (χ3v) is 3.02. The van der Waals surface area contributed by atoms with Gasteiger partial charge in [0, 0.05) is 6.61 Å². The Morgan fingerprint density at radius 1 is 1.53 bits per heavy atom. The van der Waals surface area contributed by atoms with Gasteiger partial charge in [-0.3, -0.25) is 5.32 Å². The Morgan fingerprint density at radius 3 is 3.05 bits per heavy atom. The first-order valence-corrected chi connectivity index (χ1v) is 6.39. The normalized spacial score (nSPS) is 18.1. The fraction of sp³-hybridized carbons (Fsp3) is 0.500. The zero-order valence-electron chi connectivity index (χ0n) is 11.3. The Balaban J connectivity index is 1.88. The van der Waals surface area contributed by atoms with E-state index in [0.29, 0.717) is 18.0 Å². The van der Waals surface area contributed by atoms with Crippen molar-refractivity contribution in [3.63, 3.8) is 0 Å². The van der Waals surface area contributed by atoms with Crippen molar-refractivity contribution in [1.29, 1.82) is 0 Å². The van der Waals surface area contributed by atoms with Gasteiger partial charge in [-0.25, -0.2) is 4.79 Å². The van der Waals surface area contributed by atoms with Crippen molar-refractivity contribution in [2.45, 2.75) is 25.9 Å². The maximum absolute atomic E-state index is 11.7. The first kappa shape index (κ1) is 13.7. The summed E-state index contributed by atoms with van der Waals surface area (Å²) in [6.07, 6.45) is 1.52. The van der Waals surface area contributed by atoms with Gasteiger partial charge in [0.05, 0.1) is 18.9 Å². The van der Waals surface area contributed by atoms with Gasteiger partial charge in [-0.15, -0.1) is 0 Å². The monoisotopic (exact) mass is 265 g/mol. The van der Waals surface area contributed by atoms with Crippen LogP contribution in [0.5, 0.6) is 5.75 Å². The van der Waals surface area contributed by atoms with Gasteiger partial charge in [-0.2, -0.15) is 0 Å². The predicted molar refractivity (Wildman–Crippen MR) is 71.7 cm³/mol. The zero-order chi connectivity index (χ0) is 13.7. The number of carbonyl (C=O) groups excluding carboxylic acids is 1. The van der Waals surface area contributed by atoms with Crippen molar-refractivity contribution in [1.82, 2.24) is 0 Å². The summed E-state index contributed by atoms with van der Waals surface area (Å²) in [5.41, 5.74) is 1.65. The fourth-order valence-electron chi connectivity index (χ4n) is 2.01. The van der Waals surface area contributed by atoms with E-state index < -0.39 is 6.09 Å². The summed E-state index contributed by atoms with van der Waals surface area (Å²) in [5, 5.41) is 2.68. The molecule has 1 fully saturated rings. The summed E-state index contributed by atoms with van der Waals surface area (Å²) in [7, 11) is 1.56. The lowest BCUT2D eigenvalue weighted by atomic mass is 10.2. The summed E-state index contributed by atoms with van der Waals surface area (Å²) in [4.78, 5) is 11.7. The van der Waals surface area contributed by atoms with Crippen molar-refractivity contribution in [3.8, 4) is 5.75 Å². The van der Waals surface area contributed by atoms with Crippen LogP contribution in [0.15, 0.2) is 18.2 Å². The second-order valence-electron chi connectivity index (χ2n) is 4.56. The SMILES string of the molecule is COc1ccc(C)cc1NC(=O)OC[C@H]1CCCO1. The maximum atomic E-state index is 11.7. The van der Waals surface area contributed by atoms with Crippen molar-refractivity contribution >= 4 is 11.8 Å². The van der Waals surface area contributed by atoms with Gasteiger partial charge in [0.1, 0.15) is 12.4 Å². The molecule has 1 aromatic carbocycles. The minimum Gasteiger partial charge on any atom is -0.495 e. The van der Waals surface area contributed by atoms with Crippen molar-refractivity contribution in [3.05, 3.63) is 23.8 Å². The first-order valence-electron chi connectivity index (χ1n) is 6.39. The molecule has 0 radical (unpaired) electrons. The van der Waals surface area contributed by atoms with Crippen LogP contribution in [0, 0.1) is 6.92 Å². The van der Waals surface area contributed by atoms with Gasteiger partial charge in [0.15, 0.2) is 0 Å². The number of hydrogen-bond acceptors (Lipinski definition) is 4. The van der Waals surface area contributed by atoms with E-state index in [1.807, 2.05) is 25.1 Å². The zero-order valence-corrected chi connectivity index (χ0v) is 11.3. The minimum absolute atomic E-state index is 0.0326. The van der Waals surface area contributed by atoms with Crippen LogP contribution in [0.25, 0.3) is 0 Å². The largest absolute Gasteiger partial charge is 0.495 e. The minimum atomic E-state index is -0.487. The number of rotatable bonds is 4. The molecule has 1 amide bonds. The molecule has 5 heteroatoms. The van der Waals surface area contributed by atoms with Crippen LogP contribution in [0.1, 0.15) is 18.4 Å². The number of ether oxygens (including phenoxy) is 3. The Kier molecular flexibility index (Phi) is 4.63. The number of nitrogens with one attached hydrogen (secondary N) is 1. The van der Waals surface area contributed by atoms with Gasteiger partial charge in [-0.1, -0.05) is 6.07 Å². The summed E-state index contributed by atoms with van der Waals surface area (Å²) in [6, 6.07) is 5.57. The molecule has 1 heterocycles. The molecule has 0 aliphatic carbocycles. The number of amides is 1. The van der Waals surface area contributed by atoms with Gasteiger partial charge < -0.3 is 14.2 Å². The van der Waals surface area contributed by atoms with E-state index in [2.05, 4.69) is 5.32 Å². The second kappa shape index (κ2) is 6.43. The van der Waals surface area contributed by atoms with E-state index in [-0.39, 0.29) is 6.10 Å². The summed E-state index contributed by atoms with van der Waals surface area (Å²) in [5.74, 6) is 0.611. The number of methoxy groups -OCH3 is 1. The maximum Gasteiger partial charge on any atom is 0.411 e. The molecule has 0 bridgehead atoms. The van der Waals surface area contributed by atoms with Crippen LogP contribution in [-0.2, 0) is 9.47 Å². The number of hydrogen-bond donors (Lipinski definition) is 1. The molecule has 19 heavy (non-hydrogen) atoms. The molecule has 1 aromatic rings. The van der Waals surface area contributed by atoms with Gasteiger partial charge in [0.25, 0.3) is 0 Å². The lowest BCUT2D eigenvalue weighted by molar-refractivity contribution is 0.0484. The molecule has 0 aromatic heterocycles. The van der Waals surface area contributed by atoms with Gasteiger partial charge in [0.2, 0.25) is 0 Å². The van der Waals surface area contributed by atoms with Gasteiger partial charge >= 0.3 is 6.09 Å². The van der Waals surface area contributed by atoms with E-state index in [1.54, 1.807) is 7.11 Å². The third-order valence-electron chi connectivity index (χ3n) is 3.02. The van der Waals surface area contributed by atoms with E-state index in [4.69, 9.17) is 14.2 Å². The van der Waals surface area contributed by atoms with Crippen LogP contribution < -0.4 is 10.1 Å². The molecule has 0 saturated carbocycles. The average molecular weight is 265 g/mol. The molecule has 1 saturated heterocycles. The topological polar surface area (TPSA) is 56.8 Å².